The van der Waals surface area contributed by atoms with E-state index in [9.17, 15) is 4.79 Å². The first-order chi connectivity index (χ1) is 9.20. The summed E-state index contributed by atoms with van der Waals surface area (Å²) in [5.41, 5.74) is 0. The molecule has 0 aromatic rings. The predicted molar refractivity (Wildman–Crippen MR) is 83.5 cm³/mol. The van der Waals surface area contributed by atoms with Crippen LogP contribution >= 0.6 is 11.8 Å². The second-order valence-corrected chi connectivity index (χ2v) is 7.90. The number of amides is 1. The van der Waals surface area contributed by atoms with Crippen LogP contribution in [0.25, 0.3) is 0 Å². The highest BCUT2D eigenvalue weighted by atomic mass is 32.2. The molecule has 0 aromatic heterocycles. The van der Waals surface area contributed by atoms with E-state index in [1.807, 2.05) is 11.8 Å². The van der Waals surface area contributed by atoms with Crippen LogP contribution in [0.1, 0.15) is 58.8 Å². The van der Waals surface area contributed by atoms with Crippen LogP contribution in [0.2, 0.25) is 0 Å². The molecule has 3 atom stereocenters. The molecule has 0 radical (unpaired) electrons. The Morgan fingerprint density at radius 1 is 1.21 bits per heavy atom. The Morgan fingerprint density at radius 2 is 2.05 bits per heavy atom. The van der Waals surface area contributed by atoms with Gasteiger partial charge in [-0.3, -0.25) is 4.79 Å². The number of carbonyl (C=O) groups excluding carboxylic acids is 1. The van der Waals surface area contributed by atoms with E-state index in [4.69, 9.17) is 0 Å². The molecular formula is C16H29NOS. The Balaban J connectivity index is 1.92. The monoisotopic (exact) mass is 283 g/mol. The second kappa shape index (κ2) is 7.56. The van der Waals surface area contributed by atoms with Gasteiger partial charge >= 0.3 is 0 Å². The van der Waals surface area contributed by atoms with Gasteiger partial charge in [0, 0.05) is 24.3 Å². The van der Waals surface area contributed by atoms with Gasteiger partial charge in [-0.15, -0.1) is 0 Å². The highest BCUT2D eigenvalue weighted by molar-refractivity contribution is 7.99. The van der Waals surface area contributed by atoms with E-state index in [0.29, 0.717) is 17.1 Å². The largest absolute Gasteiger partial charge is 0.341 e. The fourth-order valence-electron chi connectivity index (χ4n) is 3.59. The van der Waals surface area contributed by atoms with Crippen LogP contribution < -0.4 is 0 Å². The molecule has 3 heteroatoms. The van der Waals surface area contributed by atoms with Gasteiger partial charge < -0.3 is 4.90 Å². The SMILES string of the molecule is CCS[C@@H]1CCCCN(C(=O)[C@H]2CCC[C@H](C)C2)C1. The van der Waals surface area contributed by atoms with Crippen LogP contribution in [0.15, 0.2) is 0 Å². The van der Waals surface area contributed by atoms with Crippen molar-refractivity contribution in [1.29, 1.82) is 0 Å². The normalized spacial score (nSPS) is 32.9. The summed E-state index contributed by atoms with van der Waals surface area (Å²) in [6.45, 7) is 6.54. The van der Waals surface area contributed by atoms with E-state index in [0.717, 1.165) is 31.8 Å². The lowest BCUT2D eigenvalue weighted by Gasteiger charge is -2.32. The summed E-state index contributed by atoms with van der Waals surface area (Å²) in [6.07, 6.45) is 8.61. The fourth-order valence-corrected chi connectivity index (χ4v) is 4.68. The average Bonchev–Trinajstić information content (AvgIpc) is 2.64. The first kappa shape index (κ1) is 15.2. The van der Waals surface area contributed by atoms with Crippen LogP contribution in [0.5, 0.6) is 0 Å². The van der Waals surface area contributed by atoms with Crippen molar-refractivity contribution in [3.63, 3.8) is 0 Å². The van der Waals surface area contributed by atoms with Crippen molar-refractivity contribution in [2.45, 2.75) is 64.0 Å². The summed E-state index contributed by atoms with van der Waals surface area (Å²) >= 11 is 2.04. The van der Waals surface area contributed by atoms with Gasteiger partial charge in [0.25, 0.3) is 0 Å². The van der Waals surface area contributed by atoms with Crippen LogP contribution in [-0.2, 0) is 4.79 Å². The summed E-state index contributed by atoms with van der Waals surface area (Å²) in [4.78, 5) is 14.9. The van der Waals surface area contributed by atoms with E-state index in [1.54, 1.807) is 0 Å². The number of nitrogens with zero attached hydrogens (tertiary/aromatic N) is 1. The van der Waals surface area contributed by atoms with Gasteiger partial charge in [0.1, 0.15) is 0 Å². The lowest BCUT2D eigenvalue weighted by atomic mass is 9.81. The highest BCUT2D eigenvalue weighted by Crippen LogP contribution is 2.31. The zero-order valence-electron chi connectivity index (χ0n) is 12.6. The van der Waals surface area contributed by atoms with Gasteiger partial charge in [0.05, 0.1) is 0 Å². The van der Waals surface area contributed by atoms with Gasteiger partial charge in [0.2, 0.25) is 5.91 Å². The van der Waals surface area contributed by atoms with Crippen LogP contribution in [0.3, 0.4) is 0 Å². The minimum absolute atomic E-state index is 0.328. The van der Waals surface area contributed by atoms with Crippen molar-refractivity contribution in [3.05, 3.63) is 0 Å². The summed E-state index contributed by atoms with van der Waals surface area (Å²) < 4.78 is 0. The molecule has 1 aliphatic carbocycles. The summed E-state index contributed by atoms with van der Waals surface area (Å²) in [5, 5.41) is 0.678. The van der Waals surface area contributed by atoms with E-state index < -0.39 is 0 Å². The number of hydrogen-bond donors (Lipinski definition) is 0. The average molecular weight is 283 g/mol. The van der Waals surface area contributed by atoms with Gasteiger partial charge in [-0.2, -0.15) is 11.8 Å². The molecule has 1 saturated carbocycles. The number of likely N-dealkylation sites (tertiary alicyclic amines) is 1. The molecule has 0 aromatic carbocycles. The molecule has 2 rings (SSSR count). The fraction of sp³-hybridized carbons (Fsp3) is 0.938. The molecule has 0 N–H and O–H groups in total. The third-order valence-electron chi connectivity index (χ3n) is 4.63. The molecule has 1 aliphatic heterocycles. The quantitative estimate of drug-likeness (QED) is 0.782. The smallest absolute Gasteiger partial charge is 0.225 e. The second-order valence-electron chi connectivity index (χ2n) is 6.33. The number of thioether (sulfide) groups is 1. The van der Waals surface area contributed by atoms with Crippen LogP contribution in [0.4, 0.5) is 0 Å². The van der Waals surface area contributed by atoms with Gasteiger partial charge in [0.15, 0.2) is 0 Å². The van der Waals surface area contributed by atoms with E-state index >= 15 is 0 Å². The first-order valence-electron chi connectivity index (χ1n) is 8.11. The molecule has 2 aliphatic rings. The molecule has 0 unspecified atom stereocenters. The minimum Gasteiger partial charge on any atom is -0.341 e. The number of rotatable bonds is 3. The molecule has 0 spiro atoms. The van der Waals surface area contributed by atoms with Crippen LogP contribution in [-0.4, -0.2) is 34.9 Å². The Kier molecular flexibility index (Phi) is 6.06. The standard InChI is InChI=1S/C16H29NOS/c1-3-19-15-9-4-5-10-17(12-15)16(18)14-8-6-7-13(2)11-14/h13-15H,3-12H2,1-2H3/t13-,14-,15+/m0/s1. The first-order valence-corrected chi connectivity index (χ1v) is 9.16. The Hall–Kier alpha value is -0.180. The zero-order chi connectivity index (χ0) is 13.7. The highest BCUT2D eigenvalue weighted by Gasteiger charge is 2.30. The van der Waals surface area contributed by atoms with E-state index in [2.05, 4.69) is 18.7 Å². The Morgan fingerprint density at radius 3 is 2.79 bits per heavy atom. The van der Waals surface area contributed by atoms with Gasteiger partial charge in [-0.05, 0) is 37.4 Å². The van der Waals surface area contributed by atoms with E-state index in [1.165, 1.54) is 37.9 Å². The number of carbonyl (C=O) groups is 1. The van der Waals surface area contributed by atoms with Crippen LogP contribution in [0, 0.1) is 11.8 Å². The predicted octanol–water partition coefficient (Wildman–Crippen LogP) is 3.95. The molecular weight excluding hydrogens is 254 g/mol. The van der Waals surface area contributed by atoms with Crippen molar-refractivity contribution in [2.24, 2.45) is 11.8 Å². The minimum atomic E-state index is 0.328. The molecule has 1 amide bonds. The molecule has 0 bridgehead atoms. The Labute approximate surface area is 122 Å². The molecule has 1 saturated heterocycles. The van der Waals surface area contributed by atoms with E-state index in [-0.39, 0.29) is 0 Å². The molecule has 19 heavy (non-hydrogen) atoms. The van der Waals surface area contributed by atoms with Gasteiger partial charge in [-0.1, -0.05) is 33.1 Å². The Bertz CT molecular complexity index is 294. The molecule has 110 valence electrons. The summed E-state index contributed by atoms with van der Waals surface area (Å²) in [6, 6.07) is 0. The third-order valence-corrected chi connectivity index (χ3v) is 5.82. The lowest BCUT2D eigenvalue weighted by Crippen LogP contribution is -2.40. The number of hydrogen-bond acceptors (Lipinski definition) is 2. The topological polar surface area (TPSA) is 20.3 Å². The third kappa shape index (κ3) is 4.40. The zero-order valence-corrected chi connectivity index (χ0v) is 13.4. The maximum atomic E-state index is 12.7. The molecule has 1 heterocycles. The summed E-state index contributed by atoms with van der Waals surface area (Å²) in [5.74, 6) is 2.72. The lowest BCUT2D eigenvalue weighted by molar-refractivity contribution is -0.136. The van der Waals surface area contributed by atoms with Crippen molar-refractivity contribution >= 4 is 17.7 Å². The summed E-state index contributed by atoms with van der Waals surface area (Å²) in [7, 11) is 0. The maximum Gasteiger partial charge on any atom is 0.225 e. The van der Waals surface area contributed by atoms with Crippen molar-refractivity contribution in [3.8, 4) is 0 Å². The van der Waals surface area contributed by atoms with Crippen molar-refractivity contribution in [1.82, 2.24) is 4.90 Å². The van der Waals surface area contributed by atoms with Crippen molar-refractivity contribution in [2.75, 3.05) is 18.8 Å². The molecule has 2 fully saturated rings. The van der Waals surface area contributed by atoms with Crippen molar-refractivity contribution < 1.29 is 4.79 Å². The van der Waals surface area contributed by atoms with Gasteiger partial charge in [-0.25, -0.2) is 0 Å². The molecule has 2 nitrogen and oxygen atoms in total. The maximum absolute atomic E-state index is 12.7.